The summed E-state index contributed by atoms with van der Waals surface area (Å²) in [5.41, 5.74) is 6.89. The maximum atomic E-state index is 5.52. The van der Waals surface area contributed by atoms with Crippen LogP contribution in [0.15, 0.2) is 30.3 Å². The Hall–Kier alpha value is -1.06. The Bertz CT molecular complexity index is 399. The summed E-state index contributed by atoms with van der Waals surface area (Å²) in [6.45, 7) is 6.93. The van der Waals surface area contributed by atoms with Crippen molar-refractivity contribution in [2.24, 2.45) is 5.73 Å². The highest BCUT2D eigenvalue weighted by Crippen LogP contribution is 2.16. The second-order valence-corrected chi connectivity index (χ2v) is 7.13. The van der Waals surface area contributed by atoms with Gasteiger partial charge in [0.1, 0.15) is 0 Å². The van der Waals surface area contributed by atoms with Crippen LogP contribution in [0.5, 0.6) is 0 Å². The Labute approximate surface area is 149 Å². The summed E-state index contributed by atoms with van der Waals surface area (Å²) in [5, 5.41) is 0. The largest absolute Gasteiger partial charge is 0.369 e. The zero-order valence-electron chi connectivity index (χ0n) is 15.5. The summed E-state index contributed by atoms with van der Waals surface area (Å²) in [6.07, 6.45) is 12.3. The fourth-order valence-electron chi connectivity index (χ4n) is 3.59. The SMILES string of the molecule is NCCCCCCCCCCCN1CCN(c2ccccc2)CC1. The highest BCUT2D eigenvalue weighted by Gasteiger charge is 2.16. The molecule has 0 saturated carbocycles. The minimum Gasteiger partial charge on any atom is -0.369 e. The second kappa shape index (κ2) is 12.3. The second-order valence-electron chi connectivity index (χ2n) is 7.13. The summed E-state index contributed by atoms with van der Waals surface area (Å²) >= 11 is 0. The number of nitrogens with zero attached hydrogens (tertiary/aromatic N) is 2. The lowest BCUT2D eigenvalue weighted by atomic mass is 10.1. The van der Waals surface area contributed by atoms with Crippen molar-refractivity contribution in [1.29, 1.82) is 0 Å². The van der Waals surface area contributed by atoms with Crippen LogP contribution in [0.25, 0.3) is 0 Å². The summed E-state index contributed by atoms with van der Waals surface area (Å²) in [6, 6.07) is 10.8. The molecule has 1 aliphatic heterocycles. The van der Waals surface area contributed by atoms with Gasteiger partial charge in [-0.15, -0.1) is 0 Å². The van der Waals surface area contributed by atoms with Gasteiger partial charge in [-0.3, -0.25) is 4.90 Å². The third-order valence-corrected chi connectivity index (χ3v) is 5.17. The first-order chi connectivity index (χ1) is 11.9. The summed E-state index contributed by atoms with van der Waals surface area (Å²) in [4.78, 5) is 5.16. The molecule has 0 aliphatic carbocycles. The third-order valence-electron chi connectivity index (χ3n) is 5.17. The van der Waals surface area contributed by atoms with E-state index in [1.165, 1.54) is 96.2 Å². The number of benzene rings is 1. The van der Waals surface area contributed by atoms with Crippen molar-refractivity contribution < 1.29 is 0 Å². The van der Waals surface area contributed by atoms with E-state index in [0.29, 0.717) is 0 Å². The van der Waals surface area contributed by atoms with E-state index in [4.69, 9.17) is 5.73 Å². The zero-order valence-corrected chi connectivity index (χ0v) is 15.5. The van der Waals surface area contributed by atoms with Crippen molar-refractivity contribution in [1.82, 2.24) is 4.90 Å². The van der Waals surface area contributed by atoms with Crippen molar-refractivity contribution in [3.05, 3.63) is 30.3 Å². The molecule has 1 saturated heterocycles. The number of nitrogens with two attached hydrogens (primary N) is 1. The Morgan fingerprint density at radius 1 is 0.667 bits per heavy atom. The molecule has 2 N–H and O–H groups in total. The van der Waals surface area contributed by atoms with E-state index >= 15 is 0 Å². The van der Waals surface area contributed by atoms with Crippen molar-refractivity contribution >= 4 is 5.69 Å². The van der Waals surface area contributed by atoms with E-state index in [1.807, 2.05) is 0 Å². The highest BCUT2D eigenvalue weighted by atomic mass is 15.3. The molecule has 136 valence electrons. The smallest absolute Gasteiger partial charge is 0.0367 e. The monoisotopic (exact) mass is 331 g/mol. The first kappa shape index (κ1) is 19.3. The fourth-order valence-corrected chi connectivity index (χ4v) is 3.59. The molecule has 1 fully saturated rings. The van der Waals surface area contributed by atoms with Gasteiger partial charge in [0.15, 0.2) is 0 Å². The summed E-state index contributed by atoms with van der Waals surface area (Å²) in [5.74, 6) is 0. The van der Waals surface area contributed by atoms with Gasteiger partial charge in [0.05, 0.1) is 0 Å². The predicted octanol–water partition coefficient (Wildman–Crippen LogP) is 4.28. The van der Waals surface area contributed by atoms with Crippen LogP contribution in [-0.2, 0) is 0 Å². The van der Waals surface area contributed by atoms with Gasteiger partial charge >= 0.3 is 0 Å². The normalized spacial score (nSPS) is 15.8. The van der Waals surface area contributed by atoms with E-state index < -0.39 is 0 Å². The zero-order chi connectivity index (χ0) is 16.9. The molecule has 0 radical (unpaired) electrons. The molecule has 1 aromatic carbocycles. The molecule has 0 atom stereocenters. The lowest BCUT2D eigenvalue weighted by Gasteiger charge is -2.36. The molecule has 0 amide bonds. The van der Waals surface area contributed by atoms with E-state index in [0.717, 1.165) is 6.54 Å². The van der Waals surface area contributed by atoms with Crippen LogP contribution in [0.2, 0.25) is 0 Å². The van der Waals surface area contributed by atoms with Crippen LogP contribution in [0, 0.1) is 0 Å². The average Bonchev–Trinajstić information content (AvgIpc) is 2.64. The lowest BCUT2D eigenvalue weighted by molar-refractivity contribution is 0.252. The van der Waals surface area contributed by atoms with E-state index in [9.17, 15) is 0 Å². The molecular formula is C21H37N3. The number of piperazine rings is 1. The Balaban J connectivity index is 1.43. The van der Waals surface area contributed by atoms with E-state index in [-0.39, 0.29) is 0 Å². The van der Waals surface area contributed by atoms with Crippen LogP contribution in [0.3, 0.4) is 0 Å². The molecule has 3 heteroatoms. The number of anilines is 1. The van der Waals surface area contributed by atoms with E-state index in [2.05, 4.69) is 40.1 Å². The molecule has 0 spiro atoms. The number of para-hydroxylation sites is 1. The summed E-state index contributed by atoms with van der Waals surface area (Å²) in [7, 11) is 0. The number of rotatable bonds is 12. The molecule has 24 heavy (non-hydrogen) atoms. The Morgan fingerprint density at radius 2 is 1.21 bits per heavy atom. The van der Waals surface area contributed by atoms with Crippen LogP contribution in [0.1, 0.15) is 57.8 Å². The van der Waals surface area contributed by atoms with Gasteiger partial charge in [-0.25, -0.2) is 0 Å². The lowest BCUT2D eigenvalue weighted by Crippen LogP contribution is -2.46. The molecule has 2 rings (SSSR count). The molecule has 0 unspecified atom stereocenters. The molecule has 1 heterocycles. The van der Waals surface area contributed by atoms with Crippen LogP contribution >= 0.6 is 0 Å². The Kier molecular flexibility index (Phi) is 9.89. The van der Waals surface area contributed by atoms with Gasteiger partial charge in [-0.05, 0) is 38.1 Å². The van der Waals surface area contributed by atoms with Gasteiger partial charge in [-0.1, -0.05) is 63.1 Å². The van der Waals surface area contributed by atoms with Crippen LogP contribution in [0.4, 0.5) is 5.69 Å². The minimum atomic E-state index is 0.861. The third kappa shape index (κ3) is 7.67. The molecule has 0 aromatic heterocycles. The number of unbranched alkanes of at least 4 members (excludes halogenated alkanes) is 8. The Morgan fingerprint density at radius 3 is 1.79 bits per heavy atom. The van der Waals surface area contributed by atoms with Gasteiger partial charge in [0.2, 0.25) is 0 Å². The maximum Gasteiger partial charge on any atom is 0.0367 e. The van der Waals surface area contributed by atoms with Crippen molar-refractivity contribution in [3.8, 4) is 0 Å². The maximum absolute atomic E-state index is 5.52. The topological polar surface area (TPSA) is 32.5 Å². The van der Waals surface area contributed by atoms with Crippen LogP contribution < -0.4 is 10.6 Å². The van der Waals surface area contributed by atoms with Gasteiger partial charge in [-0.2, -0.15) is 0 Å². The quantitative estimate of drug-likeness (QED) is 0.580. The summed E-state index contributed by atoms with van der Waals surface area (Å²) < 4.78 is 0. The minimum absolute atomic E-state index is 0.861. The van der Waals surface area contributed by atoms with E-state index in [1.54, 1.807) is 0 Å². The van der Waals surface area contributed by atoms with Crippen molar-refractivity contribution in [2.45, 2.75) is 57.8 Å². The molecule has 1 aliphatic rings. The standard InChI is InChI=1S/C21H37N3/c22-15-11-6-4-2-1-3-5-7-12-16-23-17-19-24(20-18-23)21-13-9-8-10-14-21/h8-10,13-14H,1-7,11-12,15-20,22H2. The van der Waals surface area contributed by atoms with Crippen LogP contribution in [-0.4, -0.2) is 44.2 Å². The average molecular weight is 332 g/mol. The number of hydrogen-bond acceptors (Lipinski definition) is 3. The van der Waals surface area contributed by atoms with Crippen molar-refractivity contribution in [3.63, 3.8) is 0 Å². The highest BCUT2D eigenvalue weighted by molar-refractivity contribution is 5.46. The fraction of sp³-hybridized carbons (Fsp3) is 0.714. The molecule has 1 aromatic rings. The predicted molar refractivity (Wildman–Crippen MR) is 106 cm³/mol. The first-order valence-corrected chi connectivity index (χ1v) is 10.1. The molecule has 0 bridgehead atoms. The van der Waals surface area contributed by atoms with Gasteiger partial charge in [0.25, 0.3) is 0 Å². The number of hydrogen-bond donors (Lipinski definition) is 1. The van der Waals surface area contributed by atoms with Gasteiger partial charge < -0.3 is 10.6 Å². The molecule has 3 nitrogen and oxygen atoms in total. The first-order valence-electron chi connectivity index (χ1n) is 10.1. The van der Waals surface area contributed by atoms with Crippen molar-refractivity contribution in [2.75, 3.05) is 44.2 Å². The van der Waals surface area contributed by atoms with Gasteiger partial charge in [0, 0.05) is 31.9 Å². The molecular weight excluding hydrogens is 294 g/mol.